The van der Waals surface area contributed by atoms with Crippen LogP contribution in [0.2, 0.25) is 0 Å². The fraction of sp³-hybridized carbons (Fsp3) is 0.375. The van der Waals surface area contributed by atoms with Crippen molar-refractivity contribution in [3.8, 4) is 0 Å². The lowest BCUT2D eigenvalue weighted by Gasteiger charge is -2.31. The lowest BCUT2D eigenvalue weighted by atomic mass is 9.80. The highest BCUT2D eigenvalue weighted by Gasteiger charge is 2.72. The largest absolute Gasteiger partial charge is 0.315 e. The number of ketones is 2. The van der Waals surface area contributed by atoms with Crippen LogP contribution in [0, 0.1) is 17.8 Å². The molecule has 2 aromatic rings. The fourth-order valence-corrected chi connectivity index (χ4v) is 8.45. The van der Waals surface area contributed by atoms with Crippen LogP contribution in [0.1, 0.15) is 64.4 Å². The molecule has 2 heterocycles. The lowest BCUT2D eigenvalue weighted by molar-refractivity contribution is -0.130. The summed E-state index contributed by atoms with van der Waals surface area (Å²) in [7, 11) is 0. The van der Waals surface area contributed by atoms with Crippen LogP contribution in [0.25, 0.3) is 0 Å². The first-order valence-electron chi connectivity index (χ1n) is 13.7. The Bertz CT molecular complexity index is 1570. The summed E-state index contributed by atoms with van der Waals surface area (Å²) in [6.07, 6.45) is 5.31. The summed E-state index contributed by atoms with van der Waals surface area (Å²) in [6.45, 7) is 3.48. The summed E-state index contributed by atoms with van der Waals surface area (Å²) in [6, 6.07) is 15.6. The fourth-order valence-electron chi connectivity index (χ4n) is 8.45. The Morgan fingerprint density at radius 3 is 2.11 bits per heavy atom. The molecular formula is C32H28N2O4. The van der Waals surface area contributed by atoms with Gasteiger partial charge >= 0.3 is 0 Å². The van der Waals surface area contributed by atoms with Gasteiger partial charge in [0.25, 0.3) is 0 Å². The smallest absolute Gasteiger partial charge is 0.226 e. The van der Waals surface area contributed by atoms with Crippen molar-refractivity contribution in [1.82, 2.24) is 9.80 Å². The van der Waals surface area contributed by atoms with Crippen molar-refractivity contribution in [2.24, 2.45) is 17.8 Å². The summed E-state index contributed by atoms with van der Waals surface area (Å²) in [5.74, 6) is 0.997. The molecular weight excluding hydrogens is 476 g/mol. The monoisotopic (exact) mass is 504 g/mol. The predicted molar refractivity (Wildman–Crippen MR) is 139 cm³/mol. The molecule has 2 aromatic carbocycles. The van der Waals surface area contributed by atoms with Gasteiger partial charge < -0.3 is 9.80 Å². The van der Waals surface area contributed by atoms with Gasteiger partial charge in [-0.2, -0.15) is 0 Å². The Hall–Kier alpha value is -3.80. The van der Waals surface area contributed by atoms with Gasteiger partial charge in [0.15, 0.2) is 11.6 Å². The number of benzene rings is 2. The van der Waals surface area contributed by atoms with E-state index in [0.29, 0.717) is 37.3 Å². The number of hydrogen-bond acceptors (Lipinski definition) is 4. The van der Waals surface area contributed by atoms with Crippen LogP contribution in [-0.4, -0.2) is 46.3 Å². The van der Waals surface area contributed by atoms with Gasteiger partial charge in [-0.05, 0) is 41.7 Å². The third kappa shape index (κ3) is 2.53. The Morgan fingerprint density at radius 1 is 0.816 bits per heavy atom. The number of rotatable bonds is 4. The second kappa shape index (κ2) is 7.19. The molecule has 0 aromatic heterocycles. The van der Waals surface area contributed by atoms with Gasteiger partial charge in [0.1, 0.15) is 0 Å². The maximum absolute atomic E-state index is 13.4. The van der Waals surface area contributed by atoms with Crippen LogP contribution >= 0.6 is 0 Å². The van der Waals surface area contributed by atoms with Crippen molar-refractivity contribution in [3.05, 3.63) is 94.3 Å². The van der Waals surface area contributed by atoms with E-state index in [2.05, 4.69) is 6.92 Å². The van der Waals surface area contributed by atoms with E-state index >= 15 is 0 Å². The summed E-state index contributed by atoms with van der Waals surface area (Å²) in [5.41, 5.74) is 4.92. The van der Waals surface area contributed by atoms with Gasteiger partial charge in [-0.25, -0.2) is 0 Å². The number of likely N-dealkylation sites (tertiary alicyclic amines) is 2. The van der Waals surface area contributed by atoms with Crippen molar-refractivity contribution >= 4 is 23.4 Å². The molecule has 38 heavy (non-hydrogen) atoms. The molecule has 190 valence electrons. The third-order valence-corrected chi connectivity index (χ3v) is 10.4. The molecule has 2 saturated heterocycles. The Kier molecular flexibility index (Phi) is 4.20. The number of piperidine rings is 2. The van der Waals surface area contributed by atoms with Gasteiger partial charge in [-0.1, -0.05) is 55.5 Å². The molecule has 8 rings (SSSR count). The van der Waals surface area contributed by atoms with Crippen molar-refractivity contribution < 1.29 is 19.2 Å². The first-order valence-corrected chi connectivity index (χ1v) is 13.7. The van der Waals surface area contributed by atoms with Gasteiger partial charge in [0.05, 0.1) is 0 Å². The molecule has 6 heteroatoms. The Balaban J connectivity index is 0.961. The van der Waals surface area contributed by atoms with Gasteiger partial charge in [0, 0.05) is 71.4 Å². The van der Waals surface area contributed by atoms with Crippen molar-refractivity contribution in [2.75, 3.05) is 13.1 Å². The second-order valence-electron chi connectivity index (χ2n) is 11.9. The molecule has 2 spiro atoms. The topological polar surface area (TPSA) is 74.8 Å². The Morgan fingerprint density at radius 2 is 1.39 bits per heavy atom. The molecule has 2 aliphatic heterocycles. The van der Waals surface area contributed by atoms with E-state index in [1.807, 2.05) is 53.4 Å². The van der Waals surface area contributed by atoms with Crippen LogP contribution < -0.4 is 0 Å². The standard InChI is InChI=1S/C32H28N2O4/c1-18-24-17-34(28-14-26(36)21-8-3-5-10-23(21)32(18,24)28)30(38)12-6-11-29(37)33-16-19-15-31(19)22-9-4-2-7-20(22)25(35)13-27(31)33/h2-5,7-10,13-14,18-19,24H,6,11-12,15-17H2,1H3. The highest BCUT2D eigenvalue weighted by atomic mass is 16.2. The first-order chi connectivity index (χ1) is 18.4. The minimum Gasteiger partial charge on any atom is -0.315 e. The highest BCUT2D eigenvalue weighted by molar-refractivity contribution is 6.10. The number of amides is 2. The van der Waals surface area contributed by atoms with E-state index in [1.54, 1.807) is 17.1 Å². The third-order valence-electron chi connectivity index (χ3n) is 10.4. The van der Waals surface area contributed by atoms with E-state index in [4.69, 9.17) is 0 Å². The molecule has 6 nitrogen and oxygen atoms in total. The second-order valence-corrected chi connectivity index (χ2v) is 11.9. The first kappa shape index (κ1) is 22.2. The van der Waals surface area contributed by atoms with Crippen LogP contribution in [0.3, 0.4) is 0 Å². The summed E-state index contributed by atoms with van der Waals surface area (Å²) in [4.78, 5) is 55.9. The molecule has 0 N–H and O–H groups in total. The molecule has 5 atom stereocenters. The maximum atomic E-state index is 13.4. The predicted octanol–water partition coefficient (Wildman–Crippen LogP) is 4.16. The average molecular weight is 505 g/mol. The summed E-state index contributed by atoms with van der Waals surface area (Å²) >= 11 is 0. The van der Waals surface area contributed by atoms with Crippen LogP contribution in [0.4, 0.5) is 0 Å². The quantitative estimate of drug-likeness (QED) is 0.627. The molecule has 0 radical (unpaired) electrons. The number of hydrogen-bond donors (Lipinski definition) is 0. The van der Waals surface area contributed by atoms with E-state index < -0.39 is 0 Å². The minimum absolute atomic E-state index is 0.0156. The van der Waals surface area contributed by atoms with Crippen molar-refractivity contribution in [1.29, 1.82) is 0 Å². The van der Waals surface area contributed by atoms with Crippen molar-refractivity contribution in [2.45, 2.75) is 43.4 Å². The molecule has 5 unspecified atom stereocenters. The minimum atomic E-state index is -0.225. The molecule has 4 aliphatic carbocycles. The summed E-state index contributed by atoms with van der Waals surface area (Å²) in [5, 5.41) is 0. The SMILES string of the molecule is CC1C2CN(C(=O)CCCC(=O)N3CC4CC45C3=CC(=O)c3ccccc35)C3=CC(=O)c4ccccc4C312. The zero-order valence-electron chi connectivity index (χ0n) is 21.3. The number of carbonyl (C=O) groups excluding carboxylic acids is 4. The maximum Gasteiger partial charge on any atom is 0.226 e. The summed E-state index contributed by atoms with van der Waals surface area (Å²) < 4.78 is 0. The van der Waals surface area contributed by atoms with E-state index in [0.717, 1.165) is 40.1 Å². The number of fused-ring (bicyclic) bond motifs is 2. The van der Waals surface area contributed by atoms with E-state index in [1.165, 1.54) is 0 Å². The lowest BCUT2D eigenvalue weighted by Crippen LogP contribution is -2.35. The van der Waals surface area contributed by atoms with Crippen molar-refractivity contribution in [3.63, 3.8) is 0 Å². The van der Waals surface area contributed by atoms with Crippen LogP contribution in [-0.2, 0) is 20.4 Å². The number of carbonyl (C=O) groups is 4. The molecule has 2 saturated carbocycles. The van der Waals surface area contributed by atoms with E-state index in [-0.39, 0.29) is 47.1 Å². The molecule has 4 fully saturated rings. The molecule has 6 aliphatic rings. The molecule has 0 bridgehead atoms. The van der Waals surface area contributed by atoms with Crippen LogP contribution in [0.15, 0.2) is 72.1 Å². The zero-order valence-corrected chi connectivity index (χ0v) is 21.3. The number of nitrogens with zero attached hydrogens (tertiary/aromatic N) is 2. The van der Waals surface area contributed by atoms with Gasteiger partial charge in [0.2, 0.25) is 11.8 Å². The average Bonchev–Trinajstić information content (AvgIpc) is 3.67. The Labute approximate surface area is 221 Å². The van der Waals surface area contributed by atoms with E-state index in [9.17, 15) is 19.2 Å². The zero-order chi connectivity index (χ0) is 26.0. The van der Waals surface area contributed by atoms with Gasteiger partial charge in [-0.3, -0.25) is 19.2 Å². The van der Waals surface area contributed by atoms with Gasteiger partial charge in [-0.15, -0.1) is 0 Å². The molecule has 2 amide bonds. The van der Waals surface area contributed by atoms with Crippen LogP contribution in [0.5, 0.6) is 0 Å². The normalized spacial score (nSPS) is 32.8. The number of allylic oxidation sites excluding steroid dienone is 4. The highest BCUT2D eigenvalue weighted by Crippen LogP contribution is 2.70.